The zero-order valence-electron chi connectivity index (χ0n) is 9.67. The highest BCUT2D eigenvalue weighted by Crippen LogP contribution is 2.30. The fraction of sp³-hybridized carbons (Fsp3) is 0.455. The van der Waals surface area contributed by atoms with Crippen LogP contribution in [0.4, 0.5) is 11.4 Å². The number of phenols is 1. The summed E-state index contributed by atoms with van der Waals surface area (Å²) in [5.74, 6) is -0.272. The Morgan fingerprint density at radius 1 is 1.29 bits per heavy atom. The summed E-state index contributed by atoms with van der Waals surface area (Å²) in [7, 11) is 2.06. The number of phenolic OH excluding ortho intramolecular Hbond substituents is 1. The molecule has 1 aromatic rings. The van der Waals surface area contributed by atoms with Gasteiger partial charge in [-0.15, -0.1) is 0 Å². The van der Waals surface area contributed by atoms with Crippen molar-refractivity contribution < 1.29 is 10.0 Å². The lowest BCUT2D eigenvalue weighted by molar-refractivity contribution is -0.385. The summed E-state index contributed by atoms with van der Waals surface area (Å²) in [5, 5.41) is 20.1. The van der Waals surface area contributed by atoms with Crippen LogP contribution in [0.5, 0.6) is 5.75 Å². The summed E-state index contributed by atoms with van der Waals surface area (Å²) in [4.78, 5) is 14.3. The van der Waals surface area contributed by atoms with Crippen molar-refractivity contribution in [2.75, 3.05) is 38.1 Å². The Kier molecular flexibility index (Phi) is 3.14. The fourth-order valence-corrected chi connectivity index (χ4v) is 1.93. The van der Waals surface area contributed by atoms with Gasteiger partial charge in [0.05, 0.1) is 4.92 Å². The molecule has 1 heterocycles. The molecule has 0 aliphatic carbocycles. The maximum absolute atomic E-state index is 10.6. The van der Waals surface area contributed by atoms with Crippen molar-refractivity contribution in [1.82, 2.24) is 4.90 Å². The quantitative estimate of drug-likeness (QED) is 0.615. The van der Waals surface area contributed by atoms with Crippen LogP contribution < -0.4 is 4.90 Å². The molecule has 6 heteroatoms. The normalized spacial score (nSPS) is 17.1. The lowest BCUT2D eigenvalue weighted by Crippen LogP contribution is -2.44. The van der Waals surface area contributed by atoms with Gasteiger partial charge in [-0.1, -0.05) is 0 Å². The average molecular weight is 237 g/mol. The number of nitro benzene ring substituents is 1. The number of anilines is 1. The second kappa shape index (κ2) is 4.58. The molecule has 2 rings (SSSR count). The lowest BCUT2D eigenvalue weighted by atomic mass is 10.2. The SMILES string of the molecule is CN1CCN(c2ccc([N+](=O)[O-])c(O)c2)CC1. The summed E-state index contributed by atoms with van der Waals surface area (Å²) < 4.78 is 0. The molecule has 0 radical (unpaired) electrons. The van der Waals surface area contributed by atoms with Gasteiger partial charge in [-0.3, -0.25) is 10.1 Å². The molecule has 17 heavy (non-hydrogen) atoms. The van der Waals surface area contributed by atoms with Crippen LogP contribution in [0.2, 0.25) is 0 Å². The van der Waals surface area contributed by atoms with E-state index in [2.05, 4.69) is 16.8 Å². The number of hydrogen-bond donors (Lipinski definition) is 1. The van der Waals surface area contributed by atoms with Gasteiger partial charge < -0.3 is 14.9 Å². The van der Waals surface area contributed by atoms with Gasteiger partial charge in [0, 0.05) is 44.0 Å². The minimum atomic E-state index is -0.580. The van der Waals surface area contributed by atoms with Crippen molar-refractivity contribution in [2.45, 2.75) is 0 Å². The molecule has 0 aromatic heterocycles. The molecule has 1 N–H and O–H groups in total. The van der Waals surface area contributed by atoms with E-state index in [1.165, 1.54) is 12.1 Å². The second-order valence-electron chi connectivity index (χ2n) is 4.22. The Morgan fingerprint density at radius 2 is 1.94 bits per heavy atom. The van der Waals surface area contributed by atoms with Crippen LogP contribution >= 0.6 is 0 Å². The molecule has 1 aromatic carbocycles. The number of nitro groups is 1. The van der Waals surface area contributed by atoms with E-state index in [0.29, 0.717) is 0 Å². The highest BCUT2D eigenvalue weighted by Gasteiger charge is 2.18. The standard InChI is InChI=1S/C11H15N3O3/c1-12-4-6-13(7-5-12)9-2-3-10(14(16)17)11(15)8-9/h2-3,8,15H,4-7H2,1H3. The molecule has 0 spiro atoms. The zero-order chi connectivity index (χ0) is 12.4. The molecule has 1 fully saturated rings. The summed E-state index contributed by atoms with van der Waals surface area (Å²) in [6.45, 7) is 3.65. The van der Waals surface area contributed by atoms with Gasteiger partial charge in [-0.25, -0.2) is 0 Å². The van der Waals surface area contributed by atoms with Crippen LogP contribution in [0.25, 0.3) is 0 Å². The van der Waals surface area contributed by atoms with Crippen molar-refractivity contribution in [1.29, 1.82) is 0 Å². The van der Waals surface area contributed by atoms with Crippen molar-refractivity contribution in [3.8, 4) is 5.75 Å². The zero-order valence-corrected chi connectivity index (χ0v) is 9.67. The van der Waals surface area contributed by atoms with Gasteiger partial charge in [0.15, 0.2) is 5.75 Å². The number of hydrogen-bond acceptors (Lipinski definition) is 5. The molecule has 6 nitrogen and oxygen atoms in total. The van der Waals surface area contributed by atoms with E-state index in [-0.39, 0.29) is 11.4 Å². The third-order valence-electron chi connectivity index (χ3n) is 3.02. The van der Waals surface area contributed by atoms with Gasteiger partial charge in [0.2, 0.25) is 0 Å². The van der Waals surface area contributed by atoms with Crippen LogP contribution in [0.1, 0.15) is 0 Å². The van der Waals surface area contributed by atoms with E-state index in [9.17, 15) is 15.2 Å². The topological polar surface area (TPSA) is 69.9 Å². The smallest absolute Gasteiger partial charge is 0.310 e. The van der Waals surface area contributed by atoms with E-state index in [0.717, 1.165) is 31.9 Å². The Labute approximate surface area is 99.2 Å². The minimum Gasteiger partial charge on any atom is -0.502 e. The third kappa shape index (κ3) is 2.47. The number of benzene rings is 1. The van der Waals surface area contributed by atoms with Gasteiger partial charge in [0.25, 0.3) is 0 Å². The van der Waals surface area contributed by atoms with E-state index in [4.69, 9.17) is 0 Å². The van der Waals surface area contributed by atoms with E-state index in [1.807, 2.05) is 0 Å². The lowest BCUT2D eigenvalue weighted by Gasteiger charge is -2.34. The second-order valence-corrected chi connectivity index (χ2v) is 4.22. The summed E-state index contributed by atoms with van der Waals surface area (Å²) in [6.07, 6.45) is 0. The van der Waals surface area contributed by atoms with Gasteiger partial charge in [-0.2, -0.15) is 0 Å². The molecule has 1 aliphatic heterocycles. The van der Waals surface area contributed by atoms with Gasteiger partial charge in [-0.05, 0) is 13.1 Å². The van der Waals surface area contributed by atoms with E-state index >= 15 is 0 Å². The first-order chi connectivity index (χ1) is 8.08. The first kappa shape index (κ1) is 11.7. The van der Waals surface area contributed by atoms with Crippen molar-refractivity contribution in [3.05, 3.63) is 28.3 Å². The molecule has 0 unspecified atom stereocenters. The molecule has 0 atom stereocenters. The van der Waals surface area contributed by atoms with Crippen molar-refractivity contribution >= 4 is 11.4 Å². The summed E-state index contributed by atoms with van der Waals surface area (Å²) >= 11 is 0. The van der Waals surface area contributed by atoms with Gasteiger partial charge in [0.1, 0.15) is 0 Å². The maximum Gasteiger partial charge on any atom is 0.310 e. The summed E-state index contributed by atoms with van der Waals surface area (Å²) in [6, 6.07) is 4.50. The van der Waals surface area contributed by atoms with Crippen LogP contribution in [-0.2, 0) is 0 Å². The number of aromatic hydroxyl groups is 1. The predicted molar refractivity (Wildman–Crippen MR) is 64.5 cm³/mol. The molecule has 1 saturated heterocycles. The van der Waals surface area contributed by atoms with E-state index < -0.39 is 4.92 Å². The highest BCUT2D eigenvalue weighted by molar-refractivity contribution is 5.58. The van der Waals surface area contributed by atoms with E-state index in [1.54, 1.807) is 6.07 Å². The molecule has 1 aliphatic rings. The number of piperazine rings is 1. The van der Waals surface area contributed by atoms with Crippen LogP contribution in [0.3, 0.4) is 0 Å². The molecule has 92 valence electrons. The Bertz CT molecular complexity index is 428. The monoisotopic (exact) mass is 237 g/mol. The first-order valence-corrected chi connectivity index (χ1v) is 5.49. The van der Waals surface area contributed by atoms with Crippen molar-refractivity contribution in [2.24, 2.45) is 0 Å². The predicted octanol–water partition coefficient (Wildman–Crippen LogP) is 1.05. The number of rotatable bonds is 2. The molecular weight excluding hydrogens is 222 g/mol. The maximum atomic E-state index is 10.6. The van der Waals surface area contributed by atoms with Crippen LogP contribution in [-0.4, -0.2) is 48.2 Å². The molecule has 0 amide bonds. The highest BCUT2D eigenvalue weighted by atomic mass is 16.6. The number of likely N-dealkylation sites (N-methyl/N-ethyl adjacent to an activating group) is 1. The number of nitrogens with zero attached hydrogens (tertiary/aromatic N) is 3. The minimum absolute atomic E-state index is 0.247. The fourth-order valence-electron chi connectivity index (χ4n) is 1.93. The Morgan fingerprint density at radius 3 is 2.47 bits per heavy atom. The average Bonchev–Trinajstić information content (AvgIpc) is 2.29. The molecule has 0 saturated carbocycles. The van der Waals surface area contributed by atoms with Crippen molar-refractivity contribution in [3.63, 3.8) is 0 Å². The van der Waals surface area contributed by atoms with Crippen LogP contribution in [0.15, 0.2) is 18.2 Å². The Balaban J connectivity index is 2.17. The van der Waals surface area contributed by atoms with Gasteiger partial charge >= 0.3 is 5.69 Å². The summed E-state index contributed by atoms with van der Waals surface area (Å²) in [5.41, 5.74) is 0.587. The molecule has 0 bridgehead atoms. The largest absolute Gasteiger partial charge is 0.502 e. The molecular formula is C11H15N3O3. The Hall–Kier alpha value is -1.82. The third-order valence-corrected chi connectivity index (χ3v) is 3.02. The van der Waals surface area contributed by atoms with Crippen LogP contribution in [0, 0.1) is 10.1 Å². The first-order valence-electron chi connectivity index (χ1n) is 5.49.